The fourth-order valence-corrected chi connectivity index (χ4v) is 3.68. The maximum absolute atomic E-state index is 13.8. The molecule has 2 N–H and O–H groups in total. The van der Waals surface area contributed by atoms with Gasteiger partial charge < -0.3 is 5.73 Å². The van der Waals surface area contributed by atoms with Crippen LogP contribution < -0.4 is 5.73 Å². The van der Waals surface area contributed by atoms with Crippen LogP contribution in [-0.4, -0.2) is 5.78 Å². The highest BCUT2D eigenvalue weighted by Crippen LogP contribution is 2.36. The highest BCUT2D eigenvalue weighted by Gasteiger charge is 2.27. The third kappa shape index (κ3) is 2.38. The minimum Gasteiger partial charge on any atom is -0.390 e. The Balaban J connectivity index is 2.13. The number of hydrogen-bond donors (Lipinski definition) is 1. The minimum atomic E-state index is -0.855. The van der Waals surface area contributed by atoms with Gasteiger partial charge >= 0.3 is 0 Å². The lowest BCUT2D eigenvalue weighted by Crippen LogP contribution is -2.11. The predicted octanol–water partition coefficient (Wildman–Crippen LogP) is 3.88. The Bertz CT molecular complexity index is 729. The Morgan fingerprint density at radius 3 is 2.57 bits per heavy atom. The van der Waals surface area contributed by atoms with Gasteiger partial charge in [0.1, 0.15) is 11.6 Å². The lowest BCUT2D eigenvalue weighted by atomic mass is 9.97. The second-order valence-corrected chi connectivity index (χ2v) is 6.02. The van der Waals surface area contributed by atoms with Gasteiger partial charge in [-0.15, -0.1) is 11.3 Å². The van der Waals surface area contributed by atoms with Gasteiger partial charge in [-0.25, -0.2) is 8.78 Å². The summed E-state index contributed by atoms with van der Waals surface area (Å²) in [6.45, 7) is 0. The first-order chi connectivity index (χ1) is 10.1. The number of benzene rings is 1. The van der Waals surface area contributed by atoms with E-state index in [-0.39, 0.29) is 5.56 Å². The third-order valence-electron chi connectivity index (χ3n) is 3.57. The topological polar surface area (TPSA) is 43.1 Å². The summed E-state index contributed by atoms with van der Waals surface area (Å²) in [6.07, 6.45) is 6.23. The second-order valence-electron chi connectivity index (χ2n) is 4.88. The Labute approximate surface area is 124 Å². The molecule has 1 aliphatic rings. The number of thiophene rings is 1. The van der Waals surface area contributed by atoms with Crippen LogP contribution >= 0.6 is 11.3 Å². The van der Waals surface area contributed by atoms with Crippen molar-refractivity contribution in [3.63, 3.8) is 0 Å². The van der Waals surface area contributed by atoms with Gasteiger partial charge in [0.05, 0.1) is 16.1 Å². The van der Waals surface area contributed by atoms with Gasteiger partial charge in [-0.3, -0.25) is 4.79 Å². The molecule has 2 aromatic rings. The molecule has 0 bridgehead atoms. The Hall–Kier alpha value is -2.01. The number of halogens is 2. The molecule has 0 unspecified atom stereocenters. The molecule has 2 nitrogen and oxygen atoms in total. The van der Waals surface area contributed by atoms with Gasteiger partial charge in [0.25, 0.3) is 0 Å². The van der Waals surface area contributed by atoms with Crippen LogP contribution in [0.5, 0.6) is 0 Å². The van der Waals surface area contributed by atoms with E-state index in [2.05, 4.69) is 0 Å². The summed E-state index contributed by atoms with van der Waals surface area (Å²) in [5.41, 5.74) is 6.51. The summed E-state index contributed by atoms with van der Waals surface area (Å²) in [4.78, 5) is 13.6. The Morgan fingerprint density at radius 2 is 1.86 bits per heavy atom. The smallest absolute Gasteiger partial charge is 0.202 e. The average Bonchev–Trinajstić information content (AvgIpc) is 2.59. The highest BCUT2D eigenvalue weighted by molar-refractivity contribution is 7.16. The SMILES string of the molecule is Nc1sc2c(c1C(=O)c1c(F)cccc1F)CCC=CC2. The van der Waals surface area contributed by atoms with E-state index in [9.17, 15) is 13.6 Å². The summed E-state index contributed by atoms with van der Waals surface area (Å²) in [6, 6.07) is 3.40. The maximum Gasteiger partial charge on any atom is 0.202 e. The predicted molar refractivity (Wildman–Crippen MR) is 79.7 cm³/mol. The van der Waals surface area contributed by atoms with E-state index < -0.39 is 23.0 Å². The molecule has 1 aliphatic carbocycles. The fourth-order valence-electron chi connectivity index (χ4n) is 2.59. The standard InChI is InChI=1S/C16H13F2NOS/c17-10-6-4-7-11(18)14(10)15(20)13-9-5-2-1-3-8-12(9)21-16(13)19/h1,3-4,6-7H,2,5,8,19H2. The van der Waals surface area contributed by atoms with Gasteiger partial charge in [-0.1, -0.05) is 18.2 Å². The zero-order chi connectivity index (χ0) is 15.0. The number of carbonyl (C=O) groups is 1. The van der Waals surface area contributed by atoms with E-state index >= 15 is 0 Å². The number of nitrogen functional groups attached to an aromatic ring is 1. The van der Waals surface area contributed by atoms with Crippen molar-refractivity contribution >= 4 is 22.1 Å². The van der Waals surface area contributed by atoms with Crippen molar-refractivity contribution in [1.29, 1.82) is 0 Å². The number of nitrogens with two attached hydrogens (primary N) is 1. The zero-order valence-electron chi connectivity index (χ0n) is 11.2. The Morgan fingerprint density at radius 1 is 1.14 bits per heavy atom. The van der Waals surface area contributed by atoms with Crippen molar-refractivity contribution in [2.24, 2.45) is 0 Å². The first-order valence-electron chi connectivity index (χ1n) is 6.63. The van der Waals surface area contributed by atoms with Gasteiger partial charge in [-0.05, 0) is 30.5 Å². The van der Waals surface area contributed by atoms with Crippen LogP contribution in [0.3, 0.4) is 0 Å². The van der Waals surface area contributed by atoms with Gasteiger partial charge in [-0.2, -0.15) is 0 Å². The zero-order valence-corrected chi connectivity index (χ0v) is 12.0. The number of ketones is 1. The van der Waals surface area contributed by atoms with Crippen molar-refractivity contribution in [1.82, 2.24) is 0 Å². The molecule has 0 fully saturated rings. The summed E-state index contributed by atoms with van der Waals surface area (Å²) >= 11 is 1.33. The van der Waals surface area contributed by atoms with E-state index in [1.165, 1.54) is 17.4 Å². The molecule has 0 atom stereocenters. The summed E-state index contributed by atoms with van der Waals surface area (Å²) in [7, 11) is 0. The summed E-state index contributed by atoms with van der Waals surface area (Å²) in [5.74, 6) is -2.38. The van der Waals surface area contributed by atoms with Gasteiger partial charge in [0.15, 0.2) is 0 Å². The van der Waals surface area contributed by atoms with E-state index in [4.69, 9.17) is 5.73 Å². The van der Waals surface area contributed by atoms with Gasteiger partial charge in [0, 0.05) is 11.3 Å². The van der Waals surface area contributed by atoms with Crippen LogP contribution in [0.25, 0.3) is 0 Å². The summed E-state index contributed by atoms with van der Waals surface area (Å²) in [5, 5.41) is 0.336. The van der Waals surface area contributed by atoms with Crippen molar-refractivity contribution < 1.29 is 13.6 Å². The molecule has 5 heteroatoms. The molecule has 0 amide bonds. The lowest BCUT2D eigenvalue weighted by molar-refractivity contribution is 0.103. The number of anilines is 1. The van der Waals surface area contributed by atoms with Gasteiger partial charge in [0.2, 0.25) is 5.78 Å². The minimum absolute atomic E-state index is 0.266. The second kappa shape index (κ2) is 5.41. The molecule has 1 heterocycles. The average molecular weight is 305 g/mol. The van der Waals surface area contributed by atoms with E-state index in [1.807, 2.05) is 12.2 Å². The van der Waals surface area contributed by atoms with Crippen LogP contribution in [0, 0.1) is 11.6 Å². The van der Waals surface area contributed by atoms with Crippen molar-refractivity contribution in [2.45, 2.75) is 19.3 Å². The Kier molecular flexibility index (Phi) is 3.59. The van der Waals surface area contributed by atoms with Crippen LogP contribution in [0.15, 0.2) is 30.4 Å². The quantitative estimate of drug-likeness (QED) is 0.676. The van der Waals surface area contributed by atoms with Crippen LogP contribution in [-0.2, 0) is 12.8 Å². The molecule has 21 heavy (non-hydrogen) atoms. The fraction of sp³-hybridized carbons (Fsp3) is 0.188. The molecule has 108 valence electrons. The summed E-state index contributed by atoms with van der Waals surface area (Å²) < 4.78 is 27.7. The largest absolute Gasteiger partial charge is 0.390 e. The normalized spacial score (nSPS) is 13.8. The van der Waals surface area contributed by atoms with Crippen molar-refractivity contribution in [2.75, 3.05) is 5.73 Å². The molecule has 0 saturated carbocycles. The maximum atomic E-state index is 13.8. The molecular formula is C16H13F2NOS. The number of carbonyl (C=O) groups excluding carboxylic acids is 1. The number of rotatable bonds is 2. The monoisotopic (exact) mass is 305 g/mol. The molecular weight excluding hydrogens is 292 g/mol. The van der Waals surface area contributed by atoms with E-state index in [0.29, 0.717) is 17.8 Å². The molecule has 0 radical (unpaired) electrons. The first kappa shape index (κ1) is 13.9. The van der Waals surface area contributed by atoms with Crippen LogP contribution in [0.4, 0.5) is 13.8 Å². The van der Waals surface area contributed by atoms with Crippen molar-refractivity contribution in [3.8, 4) is 0 Å². The third-order valence-corrected chi connectivity index (χ3v) is 4.65. The molecule has 3 rings (SSSR count). The molecule has 0 saturated heterocycles. The lowest BCUT2D eigenvalue weighted by Gasteiger charge is -2.07. The first-order valence-corrected chi connectivity index (χ1v) is 7.45. The van der Waals surface area contributed by atoms with Crippen molar-refractivity contribution in [3.05, 3.63) is 63.6 Å². The number of fused-ring (bicyclic) bond motifs is 1. The molecule has 1 aromatic heterocycles. The van der Waals surface area contributed by atoms with Crippen LogP contribution in [0.1, 0.15) is 32.8 Å². The van der Waals surface area contributed by atoms with E-state index in [0.717, 1.165) is 29.0 Å². The number of allylic oxidation sites excluding steroid dienone is 2. The highest BCUT2D eigenvalue weighted by atomic mass is 32.1. The van der Waals surface area contributed by atoms with Crippen LogP contribution in [0.2, 0.25) is 0 Å². The molecule has 1 aromatic carbocycles. The molecule has 0 spiro atoms. The molecule has 0 aliphatic heterocycles. The van der Waals surface area contributed by atoms with E-state index in [1.54, 1.807) is 0 Å². The number of hydrogen-bond acceptors (Lipinski definition) is 3.